The fourth-order valence-corrected chi connectivity index (χ4v) is 4.65. The van der Waals surface area contributed by atoms with Crippen molar-refractivity contribution in [3.05, 3.63) is 65.9 Å². The van der Waals surface area contributed by atoms with Gasteiger partial charge in [-0.3, -0.25) is 9.69 Å². The number of hydrazine groups is 1. The minimum atomic E-state index is 0.0895. The Morgan fingerprint density at radius 1 is 1.00 bits per heavy atom. The third kappa shape index (κ3) is 4.17. The topological polar surface area (TPSA) is 72.6 Å². The van der Waals surface area contributed by atoms with Crippen molar-refractivity contribution in [2.75, 3.05) is 33.3 Å². The minimum absolute atomic E-state index is 0.0895. The molecule has 5 rings (SSSR count). The van der Waals surface area contributed by atoms with Gasteiger partial charge in [0.2, 0.25) is 0 Å². The summed E-state index contributed by atoms with van der Waals surface area (Å²) < 4.78 is 5.26. The monoisotopic (exact) mass is 419 g/mol. The van der Waals surface area contributed by atoms with E-state index in [2.05, 4.69) is 32.9 Å². The van der Waals surface area contributed by atoms with Crippen LogP contribution in [0.3, 0.4) is 0 Å². The first-order valence-corrected chi connectivity index (χ1v) is 11.0. The predicted molar refractivity (Wildman–Crippen MR) is 121 cm³/mol. The normalized spacial score (nSPS) is 22.5. The standard InChI is InChI=1S/C24H29N5O2/c1-31-19-9-7-17(8-10-19)21-16-23(27-26-21)28-11-4-12-29(14-13-28)24(30)22-15-18-5-2-3-6-20(18)25-22/h2-3,5-10,15,21,23,25-27H,4,11-14,16H2,1H3. The quantitative estimate of drug-likeness (QED) is 0.607. The molecule has 2 aromatic carbocycles. The zero-order chi connectivity index (χ0) is 21.2. The van der Waals surface area contributed by atoms with Gasteiger partial charge >= 0.3 is 0 Å². The van der Waals surface area contributed by atoms with E-state index in [1.807, 2.05) is 47.4 Å². The lowest BCUT2D eigenvalue weighted by Gasteiger charge is -2.27. The highest BCUT2D eigenvalue weighted by atomic mass is 16.5. The van der Waals surface area contributed by atoms with Crippen molar-refractivity contribution < 1.29 is 9.53 Å². The molecule has 7 heteroatoms. The number of amides is 1. The van der Waals surface area contributed by atoms with E-state index in [0.717, 1.165) is 55.7 Å². The fraction of sp³-hybridized carbons (Fsp3) is 0.375. The molecule has 7 nitrogen and oxygen atoms in total. The Kier molecular flexibility index (Phi) is 5.63. The smallest absolute Gasteiger partial charge is 0.270 e. The van der Waals surface area contributed by atoms with Crippen LogP contribution in [0.4, 0.5) is 0 Å². The molecule has 0 spiro atoms. The van der Waals surface area contributed by atoms with E-state index in [1.165, 1.54) is 5.56 Å². The summed E-state index contributed by atoms with van der Waals surface area (Å²) in [5.74, 6) is 0.963. The summed E-state index contributed by atoms with van der Waals surface area (Å²) in [5.41, 5.74) is 9.83. The molecule has 3 N–H and O–H groups in total. The van der Waals surface area contributed by atoms with E-state index in [-0.39, 0.29) is 18.1 Å². The van der Waals surface area contributed by atoms with Crippen molar-refractivity contribution in [2.24, 2.45) is 0 Å². The second kappa shape index (κ2) is 8.70. The molecule has 2 atom stereocenters. The Bertz CT molecular complexity index is 1010. The molecule has 2 saturated heterocycles. The molecule has 0 aliphatic carbocycles. The number of carbonyl (C=O) groups excluding carboxylic acids is 1. The molecule has 2 aliphatic heterocycles. The number of aromatic nitrogens is 1. The molecule has 3 heterocycles. The Morgan fingerprint density at radius 3 is 2.65 bits per heavy atom. The fourth-order valence-electron chi connectivity index (χ4n) is 4.65. The maximum atomic E-state index is 13.1. The van der Waals surface area contributed by atoms with Crippen LogP contribution in [0.1, 0.15) is 34.9 Å². The molecule has 1 amide bonds. The molecule has 31 heavy (non-hydrogen) atoms. The summed E-state index contributed by atoms with van der Waals surface area (Å²) in [7, 11) is 1.69. The van der Waals surface area contributed by atoms with Crippen LogP contribution in [-0.2, 0) is 0 Å². The summed E-state index contributed by atoms with van der Waals surface area (Å²) in [6.07, 6.45) is 2.22. The van der Waals surface area contributed by atoms with Crippen molar-refractivity contribution >= 4 is 16.8 Å². The van der Waals surface area contributed by atoms with E-state index in [9.17, 15) is 4.79 Å². The summed E-state index contributed by atoms with van der Waals surface area (Å²) in [4.78, 5) is 20.8. The van der Waals surface area contributed by atoms with Crippen LogP contribution >= 0.6 is 0 Å². The third-order valence-corrected chi connectivity index (χ3v) is 6.42. The van der Waals surface area contributed by atoms with Crippen molar-refractivity contribution in [1.29, 1.82) is 0 Å². The number of benzene rings is 2. The molecular weight excluding hydrogens is 390 g/mol. The van der Waals surface area contributed by atoms with Gasteiger partial charge in [0.05, 0.1) is 13.3 Å². The van der Waals surface area contributed by atoms with Gasteiger partial charge in [0.15, 0.2) is 0 Å². The average molecular weight is 420 g/mol. The SMILES string of the molecule is COc1ccc(C2CC(N3CCCN(C(=O)c4cc5ccccc5[nH]4)CC3)NN2)cc1. The molecule has 0 bridgehead atoms. The number of hydrogen-bond donors (Lipinski definition) is 3. The number of aromatic amines is 1. The van der Waals surface area contributed by atoms with Gasteiger partial charge in [0, 0.05) is 43.1 Å². The highest BCUT2D eigenvalue weighted by Gasteiger charge is 2.31. The van der Waals surface area contributed by atoms with Crippen LogP contribution in [0, 0.1) is 0 Å². The largest absolute Gasteiger partial charge is 0.497 e. The highest BCUT2D eigenvalue weighted by molar-refractivity contribution is 5.98. The number of ether oxygens (including phenoxy) is 1. The number of methoxy groups -OCH3 is 1. The number of carbonyl (C=O) groups is 1. The lowest BCUT2D eigenvalue weighted by molar-refractivity contribution is 0.0751. The summed E-state index contributed by atoms with van der Waals surface area (Å²) >= 11 is 0. The Balaban J connectivity index is 1.20. The van der Waals surface area contributed by atoms with Crippen LogP contribution in [-0.4, -0.2) is 60.1 Å². The molecular formula is C24H29N5O2. The zero-order valence-electron chi connectivity index (χ0n) is 17.8. The molecule has 1 aromatic heterocycles. The number of nitrogens with one attached hydrogen (secondary N) is 3. The first-order chi connectivity index (χ1) is 15.2. The van der Waals surface area contributed by atoms with E-state index in [4.69, 9.17) is 4.74 Å². The second-order valence-corrected chi connectivity index (χ2v) is 8.32. The van der Waals surface area contributed by atoms with Crippen LogP contribution in [0.15, 0.2) is 54.6 Å². The van der Waals surface area contributed by atoms with E-state index < -0.39 is 0 Å². The Morgan fingerprint density at radius 2 is 1.84 bits per heavy atom. The van der Waals surface area contributed by atoms with Crippen LogP contribution in [0.5, 0.6) is 5.75 Å². The molecule has 162 valence electrons. The van der Waals surface area contributed by atoms with Crippen LogP contribution in [0.2, 0.25) is 0 Å². The number of rotatable bonds is 4. The van der Waals surface area contributed by atoms with Crippen molar-refractivity contribution in [1.82, 2.24) is 25.6 Å². The van der Waals surface area contributed by atoms with Crippen molar-refractivity contribution in [3.8, 4) is 5.75 Å². The zero-order valence-corrected chi connectivity index (χ0v) is 17.8. The molecule has 2 unspecified atom stereocenters. The Labute approximate surface area is 182 Å². The predicted octanol–water partition coefficient (Wildman–Crippen LogP) is 2.89. The number of H-pyrrole nitrogens is 1. The summed E-state index contributed by atoms with van der Waals surface area (Å²) in [6, 6.07) is 18.5. The van der Waals surface area contributed by atoms with Gasteiger partial charge in [0.25, 0.3) is 5.91 Å². The van der Waals surface area contributed by atoms with Gasteiger partial charge in [-0.2, -0.15) is 0 Å². The highest BCUT2D eigenvalue weighted by Crippen LogP contribution is 2.26. The van der Waals surface area contributed by atoms with E-state index in [1.54, 1.807) is 7.11 Å². The number of nitrogens with zero attached hydrogens (tertiary/aromatic N) is 2. The van der Waals surface area contributed by atoms with E-state index >= 15 is 0 Å². The van der Waals surface area contributed by atoms with E-state index in [0.29, 0.717) is 5.69 Å². The van der Waals surface area contributed by atoms with Gasteiger partial charge < -0.3 is 14.6 Å². The maximum Gasteiger partial charge on any atom is 0.270 e. The van der Waals surface area contributed by atoms with Gasteiger partial charge in [-0.05, 0) is 42.7 Å². The molecule has 0 saturated carbocycles. The molecule has 3 aromatic rings. The molecule has 2 fully saturated rings. The van der Waals surface area contributed by atoms with Crippen molar-refractivity contribution in [3.63, 3.8) is 0 Å². The average Bonchev–Trinajstić information content (AvgIpc) is 3.40. The minimum Gasteiger partial charge on any atom is -0.497 e. The van der Waals surface area contributed by atoms with Crippen LogP contribution in [0.25, 0.3) is 10.9 Å². The number of fused-ring (bicyclic) bond motifs is 1. The maximum absolute atomic E-state index is 13.1. The molecule has 0 radical (unpaired) electrons. The van der Waals surface area contributed by atoms with Gasteiger partial charge in [-0.25, -0.2) is 10.9 Å². The number of para-hydroxylation sites is 1. The van der Waals surface area contributed by atoms with Crippen LogP contribution < -0.4 is 15.6 Å². The third-order valence-electron chi connectivity index (χ3n) is 6.42. The van der Waals surface area contributed by atoms with Crippen molar-refractivity contribution in [2.45, 2.75) is 25.0 Å². The lowest BCUT2D eigenvalue weighted by atomic mass is 10.0. The second-order valence-electron chi connectivity index (χ2n) is 8.32. The first kappa shape index (κ1) is 20.1. The first-order valence-electron chi connectivity index (χ1n) is 11.0. The van der Waals surface area contributed by atoms with Gasteiger partial charge in [-0.1, -0.05) is 30.3 Å². The molecule has 2 aliphatic rings. The van der Waals surface area contributed by atoms with Gasteiger partial charge in [-0.15, -0.1) is 0 Å². The lowest BCUT2D eigenvalue weighted by Crippen LogP contribution is -2.46. The number of hydrogen-bond acceptors (Lipinski definition) is 5. The Hall–Kier alpha value is -2.87. The summed E-state index contributed by atoms with van der Waals surface area (Å²) in [6.45, 7) is 3.36. The van der Waals surface area contributed by atoms with Gasteiger partial charge in [0.1, 0.15) is 11.4 Å². The summed E-state index contributed by atoms with van der Waals surface area (Å²) in [5, 5.41) is 1.08.